The van der Waals surface area contributed by atoms with Gasteiger partial charge in [0.15, 0.2) is 0 Å². The summed E-state index contributed by atoms with van der Waals surface area (Å²) in [6.07, 6.45) is 0.411. The van der Waals surface area contributed by atoms with Crippen molar-refractivity contribution >= 4 is 34.3 Å². The highest BCUT2D eigenvalue weighted by atomic mass is 16.2. The van der Waals surface area contributed by atoms with Crippen molar-refractivity contribution in [1.82, 2.24) is 15.1 Å². The van der Waals surface area contributed by atoms with Crippen molar-refractivity contribution in [1.29, 1.82) is 0 Å². The van der Waals surface area contributed by atoms with E-state index in [0.29, 0.717) is 32.6 Å². The van der Waals surface area contributed by atoms with E-state index in [1.165, 1.54) is 6.92 Å². The van der Waals surface area contributed by atoms with Crippen LogP contribution >= 0.6 is 0 Å². The standard InChI is InChI=1S/C26H28N4O3/c1-19(31)27-24(18-21-10-7-9-20-8-5-6-13-23(20)21)25(32)29-14-16-30(17-15-29)26(33)28-22-11-3-2-4-12-22/h2-13,24H,14-18H2,1H3,(H,27,31)(H,28,33)/t24-/m0/s1. The maximum Gasteiger partial charge on any atom is 0.321 e. The summed E-state index contributed by atoms with van der Waals surface area (Å²) in [5, 5.41) is 7.89. The van der Waals surface area contributed by atoms with Crippen LogP contribution in [-0.4, -0.2) is 59.9 Å². The largest absolute Gasteiger partial charge is 0.344 e. The van der Waals surface area contributed by atoms with Gasteiger partial charge in [0.1, 0.15) is 6.04 Å². The van der Waals surface area contributed by atoms with Crippen LogP contribution in [-0.2, 0) is 16.0 Å². The van der Waals surface area contributed by atoms with Crippen molar-refractivity contribution in [2.45, 2.75) is 19.4 Å². The van der Waals surface area contributed by atoms with Crippen LogP contribution in [0.2, 0.25) is 0 Å². The van der Waals surface area contributed by atoms with Crippen LogP contribution in [0.3, 0.4) is 0 Å². The number of benzene rings is 3. The van der Waals surface area contributed by atoms with Crippen molar-refractivity contribution < 1.29 is 14.4 Å². The highest BCUT2D eigenvalue weighted by Crippen LogP contribution is 2.20. The number of urea groups is 1. The topological polar surface area (TPSA) is 81.8 Å². The van der Waals surface area contributed by atoms with Crippen LogP contribution in [0.4, 0.5) is 10.5 Å². The number of nitrogens with one attached hydrogen (secondary N) is 2. The molecule has 4 amide bonds. The van der Waals surface area contributed by atoms with Gasteiger partial charge in [0.2, 0.25) is 11.8 Å². The molecule has 0 spiro atoms. The molecule has 170 valence electrons. The van der Waals surface area contributed by atoms with Gasteiger partial charge in [-0.15, -0.1) is 0 Å². The number of rotatable bonds is 5. The van der Waals surface area contributed by atoms with Crippen molar-refractivity contribution in [2.75, 3.05) is 31.5 Å². The Morgan fingerprint density at radius 2 is 1.45 bits per heavy atom. The minimum atomic E-state index is -0.655. The van der Waals surface area contributed by atoms with E-state index in [4.69, 9.17) is 0 Å². The van der Waals surface area contributed by atoms with Gasteiger partial charge in [-0.3, -0.25) is 9.59 Å². The van der Waals surface area contributed by atoms with E-state index < -0.39 is 6.04 Å². The molecule has 0 aromatic heterocycles. The molecule has 7 heteroatoms. The summed E-state index contributed by atoms with van der Waals surface area (Å²) in [7, 11) is 0. The van der Waals surface area contributed by atoms with Crippen molar-refractivity contribution in [3.8, 4) is 0 Å². The quantitative estimate of drug-likeness (QED) is 0.634. The SMILES string of the molecule is CC(=O)N[C@@H](Cc1cccc2ccccc12)C(=O)N1CCN(C(=O)Nc2ccccc2)CC1. The van der Waals surface area contributed by atoms with Crippen LogP contribution in [0.25, 0.3) is 10.8 Å². The maximum atomic E-state index is 13.3. The van der Waals surface area contributed by atoms with E-state index >= 15 is 0 Å². The molecule has 1 heterocycles. The zero-order chi connectivity index (χ0) is 23.2. The molecule has 2 N–H and O–H groups in total. The first-order chi connectivity index (χ1) is 16.0. The first-order valence-electron chi connectivity index (χ1n) is 11.1. The van der Waals surface area contributed by atoms with Crippen molar-refractivity contribution in [3.63, 3.8) is 0 Å². The molecule has 4 rings (SSSR count). The summed E-state index contributed by atoms with van der Waals surface area (Å²) >= 11 is 0. The second-order valence-corrected chi connectivity index (χ2v) is 8.20. The van der Waals surface area contributed by atoms with E-state index in [0.717, 1.165) is 22.0 Å². The number of carbonyl (C=O) groups is 3. The zero-order valence-electron chi connectivity index (χ0n) is 18.7. The molecule has 3 aromatic carbocycles. The fourth-order valence-electron chi connectivity index (χ4n) is 4.21. The molecule has 1 fully saturated rings. The molecule has 3 aromatic rings. The van der Waals surface area contributed by atoms with Gasteiger partial charge in [-0.1, -0.05) is 60.7 Å². The number of piperazine rings is 1. The van der Waals surface area contributed by atoms with Crippen LogP contribution in [0.1, 0.15) is 12.5 Å². The van der Waals surface area contributed by atoms with Crippen LogP contribution in [0.5, 0.6) is 0 Å². The Morgan fingerprint density at radius 3 is 2.18 bits per heavy atom. The Labute approximate surface area is 193 Å². The predicted molar refractivity (Wildman–Crippen MR) is 129 cm³/mol. The molecule has 0 aliphatic carbocycles. The number of fused-ring (bicyclic) bond motifs is 1. The summed E-state index contributed by atoms with van der Waals surface area (Å²) in [6.45, 7) is 3.14. The summed E-state index contributed by atoms with van der Waals surface area (Å²) in [6, 6.07) is 22.5. The average Bonchev–Trinajstić information content (AvgIpc) is 2.84. The lowest BCUT2D eigenvalue weighted by Gasteiger charge is -2.36. The second-order valence-electron chi connectivity index (χ2n) is 8.20. The molecule has 1 saturated heterocycles. The Balaban J connectivity index is 1.41. The van der Waals surface area contributed by atoms with Gasteiger partial charge in [-0.2, -0.15) is 0 Å². The van der Waals surface area contributed by atoms with Crippen LogP contribution < -0.4 is 10.6 Å². The third kappa shape index (κ3) is 5.49. The predicted octanol–water partition coefficient (Wildman–Crippen LogP) is 3.26. The second kappa shape index (κ2) is 10.2. The molecule has 33 heavy (non-hydrogen) atoms. The zero-order valence-corrected chi connectivity index (χ0v) is 18.7. The number of hydrogen-bond donors (Lipinski definition) is 2. The van der Waals surface area contributed by atoms with Gasteiger partial charge in [0.05, 0.1) is 0 Å². The van der Waals surface area contributed by atoms with Gasteiger partial charge >= 0.3 is 6.03 Å². The molecule has 0 unspecified atom stereocenters. The van der Waals surface area contributed by atoms with Crippen LogP contribution in [0, 0.1) is 0 Å². The lowest BCUT2D eigenvalue weighted by molar-refractivity contribution is -0.137. The van der Waals surface area contributed by atoms with Crippen molar-refractivity contribution in [3.05, 3.63) is 78.4 Å². The Hall–Kier alpha value is -3.87. The van der Waals surface area contributed by atoms with E-state index in [9.17, 15) is 14.4 Å². The first-order valence-corrected chi connectivity index (χ1v) is 11.1. The Bertz CT molecular complexity index is 1140. The number of para-hydroxylation sites is 1. The summed E-state index contributed by atoms with van der Waals surface area (Å²) in [5.41, 5.74) is 1.75. The smallest absolute Gasteiger partial charge is 0.321 e. The fraction of sp³-hybridized carbons (Fsp3) is 0.269. The minimum absolute atomic E-state index is 0.124. The first kappa shape index (κ1) is 22.3. The molecule has 1 aliphatic rings. The van der Waals surface area contributed by atoms with Gasteiger partial charge in [0.25, 0.3) is 0 Å². The molecule has 0 radical (unpaired) electrons. The number of nitrogens with zero attached hydrogens (tertiary/aromatic N) is 2. The molecule has 0 saturated carbocycles. The third-order valence-electron chi connectivity index (χ3n) is 5.88. The number of hydrogen-bond acceptors (Lipinski definition) is 3. The highest BCUT2D eigenvalue weighted by Gasteiger charge is 2.30. The lowest BCUT2D eigenvalue weighted by Crippen LogP contribution is -2.56. The summed E-state index contributed by atoms with van der Waals surface area (Å²) in [4.78, 5) is 41.2. The van der Waals surface area contributed by atoms with E-state index in [-0.39, 0.29) is 17.8 Å². The maximum absolute atomic E-state index is 13.3. The molecule has 1 aliphatic heterocycles. The van der Waals surface area contributed by atoms with E-state index in [2.05, 4.69) is 10.6 Å². The molecular formula is C26H28N4O3. The summed E-state index contributed by atoms with van der Waals surface area (Å²) < 4.78 is 0. The van der Waals surface area contributed by atoms with E-state index in [1.54, 1.807) is 9.80 Å². The summed E-state index contributed by atoms with van der Waals surface area (Å²) in [5.74, 6) is -0.365. The fourth-order valence-corrected chi connectivity index (χ4v) is 4.21. The Kier molecular flexibility index (Phi) is 6.88. The molecule has 7 nitrogen and oxygen atoms in total. The minimum Gasteiger partial charge on any atom is -0.344 e. The third-order valence-corrected chi connectivity index (χ3v) is 5.88. The number of carbonyl (C=O) groups excluding carboxylic acids is 3. The highest BCUT2D eigenvalue weighted by molar-refractivity contribution is 5.91. The monoisotopic (exact) mass is 444 g/mol. The lowest BCUT2D eigenvalue weighted by atomic mass is 9.98. The molecule has 0 bridgehead atoms. The molecule has 1 atom stereocenters. The Morgan fingerprint density at radius 1 is 0.818 bits per heavy atom. The average molecular weight is 445 g/mol. The van der Waals surface area contributed by atoms with Crippen molar-refractivity contribution in [2.24, 2.45) is 0 Å². The van der Waals surface area contributed by atoms with E-state index in [1.807, 2.05) is 72.8 Å². The van der Waals surface area contributed by atoms with Gasteiger partial charge in [-0.05, 0) is 28.5 Å². The van der Waals surface area contributed by atoms with Crippen LogP contribution in [0.15, 0.2) is 72.8 Å². The number of anilines is 1. The molecular weight excluding hydrogens is 416 g/mol. The van der Waals surface area contributed by atoms with Gasteiger partial charge < -0.3 is 20.4 Å². The number of amides is 4. The van der Waals surface area contributed by atoms with Gasteiger partial charge in [0, 0.05) is 45.2 Å². The normalized spacial score (nSPS) is 14.6. The van der Waals surface area contributed by atoms with Gasteiger partial charge in [-0.25, -0.2) is 4.79 Å².